The zero-order valence-corrected chi connectivity index (χ0v) is 13.1. The Morgan fingerprint density at radius 3 is 2.35 bits per heavy atom. The van der Waals surface area contributed by atoms with Crippen LogP contribution in [0.1, 0.15) is 11.4 Å². The lowest BCUT2D eigenvalue weighted by atomic mass is 10.1. The van der Waals surface area contributed by atoms with Crippen molar-refractivity contribution in [1.82, 2.24) is 19.7 Å². The van der Waals surface area contributed by atoms with Crippen molar-refractivity contribution in [2.45, 2.75) is 13.8 Å². The maximum atomic E-state index is 4.71. The molecule has 0 aliphatic rings. The van der Waals surface area contributed by atoms with Crippen molar-refractivity contribution in [3.05, 3.63) is 72.2 Å². The van der Waals surface area contributed by atoms with Crippen molar-refractivity contribution in [2.75, 3.05) is 0 Å². The van der Waals surface area contributed by atoms with Crippen LogP contribution in [0.15, 0.2) is 60.8 Å². The number of hydrogen-bond acceptors (Lipinski definition) is 3. The lowest BCUT2D eigenvalue weighted by Crippen LogP contribution is -1.98. The second-order valence-electron chi connectivity index (χ2n) is 5.61. The normalized spacial score (nSPS) is 11.0. The molecule has 0 N–H and O–H groups in total. The SMILES string of the molecule is Cc1ccc(-c2c3nc(C)ncc3nn2-c2ccccc2)cc1. The van der Waals surface area contributed by atoms with E-state index in [2.05, 4.69) is 41.2 Å². The summed E-state index contributed by atoms with van der Waals surface area (Å²) in [7, 11) is 0. The van der Waals surface area contributed by atoms with Crippen molar-refractivity contribution >= 4 is 11.0 Å². The summed E-state index contributed by atoms with van der Waals surface area (Å²) >= 11 is 0. The van der Waals surface area contributed by atoms with Crippen molar-refractivity contribution in [3.63, 3.8) is 0 Å². The van der Waals surface area contributed by atoms with E-state index in [9.17, 15) is 0 Å². The first-order valence-corrected chi connectivity index (χ1v) is 7.57. The van der Waals surface area contributed by atoms with E-state index in [1.165, 1.54) is 5.56 Å². The molecule has 0 bridgehead atoms. The minimum atomic E-state index is 0.749. The third-order valence-electron chi connectivity index (χ3n) is 3.86. The summed E-state index contributed by atoms with van der Waals surface area (Å²) in [4.78, 5) is 8.90. The highest BCUT2D eigenvalue weighted by Gasteiger charge is 2.16. The molecule has 0 aliphatic heterocycles. The molecular weight excluding hydrogens is 284 g/mol. The van der Waals surface area contributed by atoms with Crippen LogP contribution in [0.2, 0.25) is 0 Å². The number of aromatic nitrogens is 4. The molecule has 4 nitrogen and oxygen atoms in total. The molecule has 4 heteroatoms. The minimum absolute atomic E-state index is 0.749. The molecule has 2 aromatic heterocycles. The largest absolute Gasteiger partial charge is 0.239 e. The molecule has 0 saturated heterocycles. The van der Waals surface area contributed by atoms with Crippen molar-refractivity contribution < 1.29 is 0 Å². The fraction of sp³-hybridized carbons (Fsp3) is 0.105. The summed E-state index contributed by atoms with van der Waals surface area (Å²) in [6.07, 6.45) is 1.79. The third kappa shape index (κ3) is 2.38. The van der Waals surface area contributed by atoms with Gasteiger partial charge < -0.3 is 0 Å². The average Bonchev–Trinajstić information content (AvgIpc) is 2.95. The number of nitrogens with zero attached hydrogens (tertiary/aromatic N) is 4. The van der Waals surface area contributed by atoms with Gasteiger partial charge in [-0.25, -0.2) is 14.6 Å². The van der Waals surface area contributed by atoms with Gasteiger partial charge >= 0.3 is 0 Å². The molecule has 0 spiro atoms. The number of benzene rings is 2. The van der Waals surface area contributed by atoms with Gasteiger partial charge in [-0.3, -0.25) is 0 Å². The molecule has 4 aromatic rings. The van der Waals surface area contributed by atoms with Crippen LogP contribution >= 0.6 is 0 Å². The van der Waals surface area contributed by atoms with Gasteiger partial charge in [-0.2, -0.15) is 5.10 Å². The predicted molar refractivity (Wildman–Crippen MR) is 91.6 cm³/mol. The molecule has 112 valence electrons. The quantitative estimate of drug-likeness (QED) is 0.560. The van der Waals surface area contributed by atoms with Crippen molar-refractivity contribution in [2.24, 2.45) is 0 Å². The van der Waals surface area contributed by atoms with Crippen LogP contribution in [0.25, 0.3) is 28.0 Å². The van der Waals surface area contributed by atoms with Gasteiger partial charge in [0, 0.05) is 5.56 Å². The molecule has 2 aromatic carbocycles. The van der Waals surface area contributed by atoms with Gasteiger partial charge in [-0.05, 0) is 26.0 Å². The molecule has 0 radical (unpaired) electrons. The highest BCUT2D eigenvalue weighted by atomic mass is 15.3. The van der Waals surface area contributed by atoms with E-state index in [0.29, 0.717) is 0 Å². The van der Waals surface area contributed by atoms with Crippen molar-refractivity contribution in [3.8, 4) is 16.9 Å². The Morgan fingerprint density at radius 2 is 1.61 bits per heavy atom. The van der Waals surface area contributed by atoms with E-state index in [1.807, 2.05) is 41.9 Å². The van der Waals surface area contributed by atoms with E-state index in [4.69, 9.17) is 5.10 Å². The van der Waals surface area contributed by atoms with E-state index >= 15 is 0 Å². The Bertz CT molecular complexity index is 970. The van der Waals surface area contributed by atoms with Crippen LogP contribution in [-0.2, 0) is 0 Å². The molecule has 0 atom stereocenters. The van der Waals surface area contributed by atoms with Gasteiger partial charge in [0.05, 0.1) is 11.9 Å². The number of aryl methyl sites for hydroxylation is 2. The fourth-order valence-electron chi connectivity index (χ4n) is 2.70. The van der Waals surface area contributed by atoms with E-state index in [0.717, 1.165) is 33.8 Å². The maximum absolute atomic E-state index is 4.71. The Balaban J connectivity index is 2.06. The molecule has 0 fully saturated rings. The van der Waals surface area contributed by atoms with Crippen LogP contribution in [0.3, 0.4) is 0 Å². The molecule has 2 heterocycles. The van der Waals surface area contributed by atoms with E-state index < -0.39 is 0 Å². The monoisotopic (exact) mass is 300 g/mol. The summed E-state index contributed by atoms with van der Waals surface area (Å²) in [6.45, 7) is 3.99. The number of para-hydroxylation sites is 1. The number of fused-ring (bicyclic) bond motifs is 1. The Labute approximate surface area is 134 Å². The predicted octanol–water partition coefficient (Wildman–Crippen LogP) is 4.10. The second-order valence-corrected chi connectivity index (χ2v) is 5.61. The van der Waals surface area contributed by atoms with Gasteiger partial charge in [0.25, 0.3) is 0 Å². The Morgan fingerprint density at radius 1 is 0.870 bits per heavy atom. The lowest BCUT2D eigenvalue weighted by molar-refractivity contribution is 0.903. The topological polar surface area (TPSA) is 43.6 Å². The molecule has 0 aliphatic carbocycles. The first-order valence-electron chi connectivity index (χ1n) is 7.57. The minimum Gasteiger partial charge on any atom is -0.239 e. The third-order valence-corrected chi connectivity index (χ3v) is 3.86. The van der Waals surface area contributed by atoms with Gasteiger partial charge in [0.2, 0.25) is 0 Å². The Hall–Kier alpha value is -3.01. The lowest BCUT2D eigenvalue weighted by Gasteiger charge is -2.08. The van der Waals surface area contributed by atoms with Crippen LogP contribution in [-0.4, -0.2) is 19.7 Å². The van der Waals surface area contributed by atoms with Crippen LogP contribution in [0.4, 0.5) is 0 Å². The summed E-state index contributed by atoms with van der Waals surface area (Å²) in [6, 6.07) is 18.6. The maximum Gasteiger partial charge on any atom is 0.130 e. The van der Waals surface area contributed by atoms with Gasteiger partial charge in [-0.1, -0.05) is 48.0 Å². The first kappa shape index (κ1) is 13.6. The van der Waals surface area contributed by atoms with Crippen LogP contribution in [0.5, 0.6) is 0 Å². The van der Waals surface area contributed by atoms with Crippen LogP contribution in [0, 0.1) is 13.8 Å². The molecule has 0 amide bonds. The summed E-state index contributed by atoms with van der Waals surface area (Å²) < 4.78 is 1.95. The van der Waals surface area contributed by atoms with E-state index in [-0.39, 0.29) is 0 Å². The zero-order valence-electron chi connectivity index (χ0n) is 13.1. The molecule has 0 saturated carbocycles. The van der Waals surface area contributed by atoms with Gasteiger partial charge in [-0.15, -0.1) is 0 Å². The molecular formula is C19H16N4. The molecule has 4 rings (SSSR count). The first-order chi connectivity index (χ1) is 11.2. The number of hydrogen-bond donors (Lipinski definition) is 0. The number of rotatable bonds is 2. The summed E-state index contributed by atoms with van der Waals surface area (Å²) in [5.41, 5.74) is 6.02. The highest BCUT2D eigenvalue weighted by Crippen LogP contribution is 2.29. The molecule has 23 heavy (non-hydrogen) atoms. The highest BCUT2D eigenvalue weighted by molar-refractivity contribution is 5.90. The van der Waals surface area contributed by atoms with E-state index in [1.54, 1.807) is 6.20 Å². The van der Waals surface area contributed by atoms with Crippen molar-refractivity contribution in [1.29, 1.82) is 0 Å². The van der Waals surface area contributed by atoms with Gasteiger partial charge in [0.1, 0.15) is 22.6 Å². The molecule has 0 unspecified atom stereocenters. The van der Waals surface area contributed by atoms with Crippen LogP contribution < -0.4 is 0 Å². The Kier molecular flexibility index (Phi) is 3.15. The second kappa shape index (κ2) is 5.32. The van der Waals surface area contributed by atoms with Gasteiger partial charge in [0.15, 0.2) is 0 Å². The summed E-state index contributed by atoms with van der Waals surface area (Å²) in [5, 5.41) is 4.71. The standard InChI is InChI=1S/C19H16N4/c1-13-8-10-15(11-9-13)19-18-17(12-20-14(2)21-18)22-23(19)16-6-4-3-5-7-16/h3-12H,1-2H3. The smallest absolute Gasteiger partial charge is 0.130 e. The fourth-order valence-corrected chi connectivity index (χ4v) is 2.70. The zero-order chi connectivity index (χ0) is 15.8. The summed E-state index contributed by atoms with van der Waals surface area (Å²) in [5.74, 6) is 0.749. The average molecular weight is 300 g/mol.